The van der Waals surface area contributed by atoms with Gasteiger partial charge < -0.3 is 4.90 Å². The van der Waals surface area contributed by atoms with E-state index in [1.54, 1.807) is 72.9 Å². The number of aryl methyl sites for hydroxylation is 1. The third kappa shape index (κ3) is 3.78. The highest BCUT2D eigenvalue weighted by molar-refractivity contribution is 6.25. The molecule has 3 heterocycles. The zero-order valence-corrected chi connectivity index (χ0v) is 20.3. The van der Waals surface area contributed by atoms with Gasteiger partial charge in [-0.3, -0.25) is 19.4 Å². The minimum atomic E-state index is -1.55. The number of carbonyl (C=O) groups is 3. The van der Waals surface area contributed by atoms with Gasteiger partial charge in [-0.2, -0.15) is 0 Å². The number of aromatic nitrogens is 1. The molecule has 3 aromatic carbocycles. The lowest BCUT2D eigenvalue weighted by Gasteiger charge is -2.28. The molecule has 4 aromatic rings. The van der Waals surface area contributed by atoms with Crippen LogP contribution in [0.25, 0.3) is 0 Å². The van der Waals surface area contributed by atoms with Crippen LogP contribution in [0.2, 0.25) is 0 Å². The van der Waals surface area contributed by atoms with Crippen LogP contribution in [-0.4, -0.2) is 39.5 Å². The van der Waals surface area contributed by atoms with E-state index >= 15 is 4.39 Å². The summed E-state index contributed by atoms with van der Waals surface area (Å²) < 4.78 is 15.1. The quantitative estimate of drug-likeness (QED) is 0.382. The second-order valence-corrected chi connectivity index (χ2v) is 9.12. The average Bonchev–Trinajstić information content (AvgIpc) is 3.11. The Hall–Kier alpha value is -4.98. The maximum atomic E-state index is 15.1. The van der Waals surface area contributed by atoms with E-state index in [1.165, 1.54) is 11.0 Å². The van der Waals surface area contributed by atoms with Crippen molar-refractivity contribution in [3.63, 3.8) is 0 Å². The van der Waals surface area contributed by atoms with E-state index in [4.69, 9.17) is 0 Å². The maximum absolute atomic E-state index is 15.1. The predicted octanol–water partition coefficient (Wildman–Crippen LogP) is 4.54. The molecule has 2 aliphatic heterocycles. The summed E-state index contributed by atoms with van der Waals surface area (Å²) >= 11 is 0. The van der Waals surface area contributed by atoms with Crippen LogP contribution in [0, 0.1) is 12.7 Å². The minimum Gasteiger partial charge on any atom is -0.302 e. The van der Waals surface area contributed by atoms with Gasteiger partial charge in [0.05, 0.1) is 34.8 Å². The standard InChI is InChI=1S/C30H21FN4O3/c1-18-14-15-32-19(16-18)17-34-25-13-7-5-11-23(25)26(22-10-4-6-12-24(22)31)33-27(30(34)38)35-28(36)20-8-2-3-9-21(20)29(35)37/h2-16,27H,17H2,1H3/t27-/m0/s1. The van der Waals surface area contributed by atoms with E-state index in [9.17, 15) is 14.4 Å². The van der Waals surface area contributed by atoms with Gasteiger partial charge in [-0.1, -0.05) is 42.5 Å². The van der Waals surface area contributed by atoms with Crippen LogP contribution in [-0.2, 0) is 11.3 Å². The van der Waals surface area contributed by atoms with Crippen molar-refractivity contribution in [2.75, 3.05) is 4.90 Å². The second kappa shape index (κ2) is 9.15. The second-order valence-electron chi connectivity index (χ2n) is 9.12. The Balaban J connectivity index is 1.56. The van der Waals surface area contributed by atoms with Gasteiger partial charge in [0, 0.05) is 17.3 Å². The van der Waals surface area contributed by atoms with Crippen molar-refractivity contribution in [2.24, 2.45) is 4.99 Å². The molecule has 1 atom stereocenters. The van der Waals surface area contributed by atoms with Crippen molar-refractivity contribution in [3.05, 3.63) is 130 Å². The SMILES string of the molecule is Cc1ccnc(CN2C(=O)[C@H](N3C(=O)c4ccccc4C3=O)N=C(c3ccccc3F)c3ccccc32)c1. The maximum Gasteiger partial charge on any atom is 0.273 e. The summed E-state index contributed by atoms with van der Waals surface area (Å²) in [6.45, 7) is 1.99. The van der Waals surface area contributed by atoms with Crippen LogP contribution >= 0.6 is 0 Å². The highest BCUT2D eigenvalue weighted by Crippen LogP contribution is 2.34. The Morgan fingerprint density at radius 1 is 0.789 bits per heavy atom. The Labute approximate surface area is 217 Å². The first-order valence-electron chi connectivity index (χ1n) is 12.1. The first-order valence-corrected chi connectivity index (χ1v) is 12.1. The molecule has 8 heteroatoms. The summed E-state index contributed by atoms with van der Waals surface area (Å²) in [4.78, 5) is 52.5. The van der Waals surface area contributed by atoms with Gasteiger partial charge in [0.15, 0.2) is 0 Å². The van der Waals surface area contributed by atoms with Gasteiger partial charge in [0.1, 0.15) is 5.82 Å². The molecule has 186 valence electrons. The number of rotatable bonds is 4. The normalized spacial score (nSPS) is 16.7. The Morgan fingerprint density at radius 3 is 2.05 bits per heavy atom. The monoisotopic (exact) mass is 504 g/mol. The smallest absolute Gasteiger partial charge is 0.273 e. The molecule has 3 amide bonds. The number of amides is 3. The number of hydrogen-bond donors (Lipinski definition) is 0. The largest absolute Gasteiger partial charge is 0.302 e. The topological polar surface area (TPSA) is 82.9 Å². The first-order chi connectivity index (χ1) is 18.4. The van der Waals surface area contributed by atoms with Crippen molar-refractivity contribution < 1.29 is 18.8 Å². The van der Waals surface area contributed by atoms with Crippen LogP contribution in [0.5, 0.6) is 0 Å². The minimum absolute atomic E-state index is 0.0667. The molecule has 6 rings (SSSR count). The fraction of sp³-hybridized carbons (Fsp3) is 0.100. The van der Waals surface area contributed by atoms with Crippen molar-refractivity contribution in [1.82, 2.24) is 9.88 Å². The van der Waals surface area contributed by atoms with Crippen LogP contribution in [0.4, 0.5) is 10.1 Å². The number of anilines is 1. The van der Waals surface area contributed by atoms with Crippen LogP contribution in [0.15, 0.2) is 96.1 Å². The van der Waals surface area contributed by atoms with Crippen molar-refractivity contribution >= 4 is 29.1 Å². The Morgan fingerprint density at radius 2 is 1.39 bits per heavy atom. The number of pyridine rings is 1. The molecule has 1 aromatic heterocycles. The zero-order chi connectivity index (χ0) is 26.4. The average molecular weight is 505 g/mol. The Bertz CT molecular complexity index is 1630. The van der Waals surface area contributed by atoms with E-state index in [2.05, 4.69) is 9.98 Å². The predicted molar refractivity (Wildman–Crippen MR) is 139 cm³/mol. The lowest BCUT2D eigenvalue weighted by Crippen LogP contribution is -2.49. The number of hydrogen-bond acceptors (Lipinski definition) is 5. The summed E-state index contributed by atoms with van der Waals surface area (Å²) in [7, 11) is 0. The lowest BCUT2D eigenvalue weighted by molar-refractivity contribution is -0.122. The molecule has 0 bridgehead atoms. The fourth-order valence-corrected chi connectivity index (χ4v) is 4.89. The number of aliphatic imine (C=N–C) groups is 1. The van der Waals surface area contributed by atoms with E-state index in [0.717, 1.165) is 10.5 Å². The van der Waals surface area contributed by atoms with Gasteiger partial charge in [0.2, 0.25) is 6.17 Å². The molecule has 0 radical (unpaired) electrons. The molecule has 0 fully saturated rings. The van der Waals surface area contributed by atoms with Gasteiger partial charge in [-0.15, -0.1) is 0 Å². The van der Waals surface area contributed by atoms with Crippen LogP contribution in [0.1, 0.15) is 43.1 Å². The molecular formula is C30H21FN4O3. The summed E-state index contributed by atoms with van der Waals surface area (Å²) in [5.74, 6) is -2.38. The number of benzodiazepines with no additional fused rings is 1. The first kappa shape index (κ1) is 23.4. The number of nitrogens with zero attached hydrogens (tertiary/aromatic N) is 4. The molecule has 7 nitrogen and oxygen atoms in total. The molecule has 0 saturated heterocycles. The molecular weight excluding hydrogens is 483 g/mol. The molecule has 0 spiro atoms. The van der Waals surface area contributed by atoms with Gasteiger partial charge >= 0.3 is 0 Å². The highest BCUT2D eigenvalue weighted by atomic mass is 19.1. The third-order valence-corrected chi connectivity index (χ3v) is 6.68. The fourth-order valence-electron chi connectivity index (χ4n) is 4.89. The summed E-state index contributed by atoms with van der Waals surface area (Å²) in [5.41, 5.74) is 3.27. The highest BCUT2D eigenvalue weighted by Gasteiger charge is 2.46. The third-order valence-electron chi connectivity index (χ3n) is 6.68. The van der Waals surface area contributed by atoms with Gasteiger partial charge in [-0.25, -0.2) is 14.3 Å². The number of halogens is 1. The lowest BCUT2D eigenvalue weighted by atomic mass is 9.99. The summed E-state index contributed by atoms with van der Waals surface area (Å²) in [6.07, 6.45) is 0.108. The van der Waals surface area contributed by atoms with Gasteiger partial charge in [0.25, 0.3) is 17.7 Å². The molecule has 0 saturated carbocycles. The van der Waals surface area contributed by atoms with Crippen molar-refractivity contribution in [3.8, 4) is 0 Å². The van der Waals surface area contributed by atoms with Crippen molar-refractivity contribution in [2.45, 2.75) is 19.6 Å². The summed E-state index contributed by atoms with van der Waals surface area (Å²) in [6, 6.07) is 23.2. The van der Waals surface area contributed by atoms with Crippen LogP contribution < -0.4 is 4.90 Å². The molecule has 2 aliphatic rings. The van der Waals surface area contributed by atoms with E-state index < -0.39 is 29.7 Å². The number of para-hydroxylation sites is 1. The van der Waals surface area contributed by atoms with Crippen molar-refractivity contribution in [1.29, 1.82) is 0 Å². The molecule has 0 aliphatic carbocycles. The number of carbonyl (C=O) groups excluding carboxylic acids is 3. The number of fused-ring (bicyclic) bond motifs is 2. The van der Waals surface area contributed by atoms with E-state index in [0.29, 0.717) is 16.9 Å². The van der Waals surface area contributed by atoms with E-state index in [-0.39, 0.29) is 28.9 Å². The molecule has 0 unspecified atom stereocenters. The zero-order valence-electron chi connectivity index (χ0n) is 20.3. The summed E-state index contributed by atoms with van der Waals surface area (Å²) in [5, 5.41) is 0. The number of imide groups is 1. The Kier molecular flexibility index (Phi) is 5.64. The van der Waals surface area contributed by atoms with Gasteiger partial charge in [-0.05, 0) is 55.0 Å². The number of benzene rings is 3. The van der Waals surface area contributed by atoms with E-state index in [1.807, 2.05) is 19.1 Å². The van der Waals surface area contributed by atoms with Crippen LogP contribution in [0.3, 0.4) is 0 Å². The molecule has 38 heavy (non-hydrogen) atoms. The molecule has 0 N–H and O–H groups in total.